The lowest BCUT2D eigenvalue weighted by atomic mass is 9.96. The molecule has 1 aliphatic rings. The standard InChI is InChI=1S/C16H27ClN6O/c1-3-7-22(2)10-6-19-16-20-11-13(17)15(21-16)23-8-4-12(5-9-23)14(18)24/h11-12H,3-10H2,1-2H3,(H2,18,24)(H,19,20,21). The SMILES string of the molecule is CCCN(C)CCNc1ncc(Cl)c(N2CCC(C(N)=O)CC2)n1. The van der Waals surface area contributed by atoms with Gasteiger partial charge in [-0.05, 0) is 32.9 Å². The molecule has 0 unspecified atom stereocenters. The van der Waals surface area contributed by atoms with Crippen LogP contribution in [0.25, 0.3) is 0 Å². The van der Waals surface area contributed by atoms with E-state index in [0.717, 1.165) is 57.8 Å². The lowest BCUT2D eigenvalue weighted by Gasteiger charge is -2.32. The van der Waals surface area contributed by atoms with E-state index in [1.54, 1.807) is 6.20 Å². The van der Waals surface area contributed by atoms with Crippen LogP contribution in [-0.2, 0) is 4.79 Å². The second-order valence-electron chi connectivity index (χ2n) is 6.26. The summed E-state index contributed by atoms with van der Waals surface area (Å²) in [5.74, 6) is 1.03. The van der Waals surface area contributed by atoms with Crippen molar-refractivity contribution in [3.8, 4) is 0 Å². The highest BCUT2D eigenvalue weighted by atomic mass is 35.5. The number of anilines is 2. The summed E-state index contributed by atoms with van der Waals surface area (Å²) < 4.78 is 0. The first-order chi connectivity index (χ1) is 11.5. The van der Waals surface area contributed by atoms with Gasteiger partial charge in [-0.2, -0.15) is 4.98 Å². The number of nitrogens with one attached hydrogen (secondary N) is 1. The molecule has 1 fully saturated rings. The molecule has 0 radical (unpaired) electrons. The first kappa shape index (κ1) is 18.7. The molecule has 1 aromatic heterocycles. The number of carbonyl (C=O) groups is 1. The van der Waals surface area contributed by atoms with Gasteiger partial charge in [0.15, 0.2) is 5.82 Å². The van der Waals surface area contributed by atoms with Crippen LogP contribution in [0.4, 0.5) is 11.8 Å². The first-order valence-electron chi connectivity index (χ1n) is 8.50. The van der Waals surface area contributed by atoms with Crippen molar-refractivity contribution in [3.05, 3.63) is 11.2 Å². The Labute approximate surface area is 148 Å². The van der Waals surface area contributed by atoms with E-state index in [9.17, 15) is 4.79 Å². The Bertz CT molecular complexity index is 547. The van der Waals surface area contributed by atoms with Crippen molar-refractivity contribution in [1.29, 1.82) is 0 Å². The van der Waals surface area contributed by atoms with Crippen LogP contribution in [0.1, 0.15) is 26.2 Å². The van der Waals surface area contributed by atoms with E-state index in [0.29, 0.717) is 11.0 Å². The number of amides is 1. The van der Waals surface area contributed by atoms with Crippen molar-refractivity contribution in [3.63, 3.8) is 0 Å². The third kappa shape index (κ3) is 5.21. The van der Waals surface area contributed by atoms with Crippen molar-refractivity contribution in [2.24, 2.45) is 11.7 Å². The van der Waals surface area contributed by atoms with Gasteiger partial charge in [0.05, 0.1) is 6.20 Å². The number of rotatable bonds is 8. The van der Waals surface area contributed by atoms with E-state index in [4.69, 9.17) is 17.3 Å². The third-order valence-electron chi connectivity index (χ3n) is 4.30. The van der Waals surface area contributed by atoms with Crippen molar-refractivity contribution in [1.82, 2.24) is 14.9 Å². The minimum absolute atomic E-state index is 0.0476. The van der Waals surface area contributed by atoms with Crippen molar-refractivity contribution in [2.75, 3.05) is 50.0 Å². The maximum atomic E-state index is 11.3. The summed E-state index contributed by atoms with van der Waals surface area (Å²) in [5, 5.41) is 3.77. The minimum Gasteiger partial charge on any atom is -0.369 e. The maximum absolute atomic E-state index is 11.3. The summed E-state index contributed by atoms with van der Waals surface area (Å²) in [6, 6.07) is 0. The van der Waals surface area contributed by atoms with Crippen LogP contribution in [0.2, 0.25) is 5.02 Å². The molecule has 0 bridgehead atoms. The van der Waals surface area contributed by atoms with Gasteiger partial charge in [-0.25, -0.2) is 4.98 Å². The number of hydrogen-bond acceptors (Lipinski definition) is 6. The van der Waals surface area contributed by atoms with Crippen LogP contribution in [-0.4, -0.2) is 60.5 Å². The fraction of sp³-hybridized carbons (Fsp3) is 0.688. The highest BCUT2D eigenvalue weighted by Crippen LogP contribution is 2.28. The smallest absolute Gasteiger partial charge is 0.224 e. The summed E-state index contributed by atoms with van der Waals surface area (Å²) in [5.41, 5.74) is 5.38. The predicted octanol–water partition coefficient (Wildman–Crippen LogP) is 1.59. The average Bonchev–Trinajstić information content (AvgIpc) is 2.57. The minimum atomic E-state index is -0.220. The third-order valence-corrected chi connectivity index (χ3v) is 4.57. The molecular weight excluding hydrogens is 328 g/mol. The summed E-state index contributed by atoms with van der Waals surface area (Å²) in [4.78, 5) is 24.4. The largest absolute Gasteiger partial charge is 0.369 e. The molecule has 134 valence electrons. The molecule has 1 amide bonds. The number of aromatic nitrogens is 2. The Balaban J connectivity index is 1.93. The van der Waals surface area contributed by atoms with Crippen LogP contribution in [0.3, 0.4) is 0 Å². The zero-order valence-corrected chi connectivity index (χ0v) is 15.2. The van der Waals surface area contributed by atoms with Crippen LogP contribution in [0, 0.1) is 5.92 Å². The number of nitrogens with two attached hydrogens (primary N) is 1. The lowest BCUT2D eigenvalue weighted by molar-refractivity contribution is -0.122. The molecule has 0 aromatic carbocycles. The molecule has 2 heterocycles. The Morgan fingerprint density at radius 1 is 1.46 bits per heavy atom. The van der Waals surface area contributed by atoms with Gasteiger partial charge in [0.2, 0.25) is 11.9 Å². The Morgan fingerprint density at radius 3 is 2.79 bits per heavy atom. The van der Waals surface area contributed by atoms with E-state index in [1.807, 2.05) is 0 Å². The molecule has 8 heteroatoms. The molecule has 3 N–H and O–H groups in total. The summed E-state index contributed by atoms with van der Waals surface area (Å²) in [6.45, 7) is 6.40. The van der Waals surface area contributed by atoms with Gasteiger partial charge in [0.1, 0.15) is 5.02 Å². The quantitative estimate of drug-likeness (QED) is 0.737. The fourth-order valence-corrected chi connectivity index (χ4v) is 3.10. The summed E-state index contributed by atoms with van der Waals surface area (Å²) in [7, 11) is 2.10. The summed E-state index contributed by atoms with van der Waals surface area (Å²) >= 11 is 6.26. The van der Waals surface area contributed by atoms with Crippen molar-refractivity contribution < 1.29 is 4.79 Å². The zero-order chi connectivity index (χ0) is 17.5. The van der Waals surface area contributed by atoms with Gasteiger partial charge in [-0.15, -0.1) is 0 Å². The number of halogens is 1. The number of hydrogen-bond donors (Lipinski definition) is 2. The molecule has 1 saturated heterocycles. The molecule has 0 aliphatic carbocycles. The number of primary amides is 1. The first-order valence-corrected chi connectivity index (χ1v) is 8.88. The average molecular weight is 355 g/mol. The van der Waals surface area contributed by atoms with Gasteiger partial charge >= 0.3 is 0 Å². The van der Waals surface area contributed by atoms with E-state index in [2.05, 4.69) is 39.1 Å². The monoisotopic (exact) mass is 354 g/mol. The normalized spacial score (nSPS) is 15.8. The van der Waals surface area contributed by atoms with E-state index in [-0.39, 0.29) is 11.8 Å². The molecule has 24 heavy (non-hydrogen) atoms. The highest BCUT2D eigenvalue weighted by molar-refractivity contribution is 6.32. The predicted molar refractivity (Wildman–Crippen MR) is 97.5 cm³/mol. The second kappa shape index (κ2) is 9.03. The fourth-order valence-electron chi connectivity index (χ4n) is 2.89. The molecule has 0 spiro atoms. The van der Waals surface area contributed by atoms with Crippen molar-refractivity contribution in [2.45, 2.75) is 26.2 Å². The van der Waals surface area contributed by atoms with Gasteiger partial charge in [-0.3, -0.25) is 4.79 Å². The van der Waals surface area contributed by atoms with Crippen LogP contribution < -0.4 is 16.0 Å². The zero-order valence-electron chi connectivity index (χ0n) is 14.5. The molecule has 0 saturated carbocycles. The highest BCUT2D eigenvalue weighted by Gasteiger charge is 2.25. The Kier molecular flexibility index (Phi) is 7.05. The van der Waals surface area contributed by atoms with Crippen LogP contribution in [0.15, 0.2) is 6.20 Å². The van der Waals surface area contributed by atoms with E-state index < -0.39 is 0 Å². The molecule has 0 atom stereocenters. The van der Waals surface area contributed by atoms with Crippen LogP contribution in [0.5, 0.6) is 0 Å². The summed E-state index contributed by atoms with van der Waals surface area (Å²) in [6.07, 6.45) is 4.24. The molecule has 1 aromatic rings. The van der Waals surface area contributed by atoms with Gasteiger partial charge in [-0.1, -0.05) is 18.5 Å². The molecule has 7 nitrogen and oxygen atoms in total. The Morgan fingerprint density at radius 2 is 2.17 bits per heavy atom. The molecule has 1 aliphatic heterocycles. The van der Waals surface area contributed by atoms with Gasteiger partial charge in [0, 0.05) is 32.1 Å². The molecular formula is C16H27ClN6O. The molecule has 2 rings (SSSR count). The Hall–Kier alpha value is -1.60. The van der Waals surface area contributed by atoms with E-state index >= 15 is 0 Å². The van der Waals surface area contributed by atoms with Crippen molar-refractivity contribution >= 4 is 29.3 Å². The van der Waals surface area contributed by atoms with Gasteiger partial charge in [0.25, 0.3) is 0 Å². The number of likely N-dealkylation sites (N-methyl/N-ethyl adjacent to an activating group) is 1. The lowest BCUT2D eigenvalue weighted by Crippen LogP contribution is -2.39. The van der Waals surface area contributed by atoms with Gasteiger partial charge < -0.3 is 20.9 Å². The van der Waals surface area contributed by atoms with Crippen LogP contribution >= 0.6 is 11.6 Å². The maximum Gasteiger partial charge on any atom is 0.224 e. The number of carbonyl (C=O) groups excluding carboxylic acids is 1. The number of piperidine rings is 1. The number of nitrogens with zero attached hydrogens (tertiary/aromatic N) is 4. The topological polar surface area (TPSA) is 87.4 Å². The van der Waals surface area contributed by atoms with E-state index in [1.165, 1.54) is 0 Å². The second-order valence-corrected chi connectivity index (χ2v) is 6.67.